The Balaban J connectivity index is 1.82. The first kappa shape index (κ1) is 14.3. The molecular weight excluding hydrogens is 270 g/mol. The SMILES string of the molecule is COc1ccc(CCNC(=S)c2ccc(O)cc2)cc1. The number of nitrogens with one attached hydrogen (secondary N) is 1. The summed E-state index contributed by atoms with van der Waals surface area (Å²) in [6, 6.07) is 14.9. The minimum absolute atomic E-state index is 0.245. The van der Waals surface area contributed by atoms with Crippen molar-refractivity contribution in [3.8, 4) is 11.5 Å². The molecule has 0 bridgehead atoms. The average Bonchev–Trinajstić information content (AvgIpc) is 2.48. The van der Waals surface area contributed by atoms with Gasteiger partial charge in [0.05, 0.1) is 7.11 Å². The summed E-state index contributed by atoms with van der Waals surface area (Å²) in [6.45, 7) is 0.770. The van der Waals surface area contributed by atoms with Crippen molar-refractivity contribution in [1.29, 1.82) is 0 Å². The summed E-state index contributed by atoms with van der Waals surface area (Å²) in [5, 5.41) is 12.4. The zero-order valence-corrected chi connectivity index (χ0v) is 12.1. The first-order valence-electron chi connectivity index (χ1n) is 6.39. The van der Waals surface area contributed by atoms with Crippen LogP contribution in [0.3, 0.4) is 0 Å². The molecule has 0 aliphatic rings. The highest BCUT2D eigenvalue weighted by molar-refractivity contribution is 7.80. The first-order chi connectivity index (χ1) is 9.69. The van der Waals surface area contributed by atoms with E-state index in [0.29, 0.717) is 4.99 Å². The Morgan fingerprint density at radius 3 is 2.35 bits per heavy atom. The molecule has 3 nitrogen and oxygen atoms in total. The lowest BCUT2D eigenvalue weighted by Gasteiger charge is -2.08. The molecular formula is C16H17NO2S. The van der Waals surface area contributed by atoms with Gasteiger partial charge < -0.3 is 15.2 Å². The number of phenols is 1. The van der Waals surface area contributed by atoms with E-state index in [0.717, 1.165) is 24.3 Å². The van der Waals surface area contributed by atoms with E-state index in [1.807, 2.05) is 24.3 Å². The Labute approximate surface area is 124 Å². The highest BCUT2D eigenvalue weighted by Crippen LogP contribution is 2.12. The maximum absolute atomic E-state index is 9.23. The van der Waals surface area contributed by atoms with E-state index in [-0.39, 0.29) is 5.75 Å². The van der Waals surface area contributed by atoms with Gasteiger partial charge in [-0.05, 0) is 48.4 Å². The summed E-state index contributed by atoms with van der Waals surface area (Å²) in [6.07, 6.45) is 0.891. The summed E-state index contributed by atoms with van der Waals surface area (Å²) in [4.78, 5) is 0.693. The van der Waals surface area contributed by atoms with Gasteiger partial charge in [-0.3, -0.25) is 0 Å². The van der Waals surface area contributed by atoms with Gasteiger partial charge in [-0.1, -0.05) is 24.4 Å². The van der Waals surface area contributed by atoms with Crippen LogP contribution in [0.5, 0.6) is 11.5 Å². The Bertz CT molecular complexity index is 564. The lowest BCUT2D eigenvalue weighted by atomic mass is 10.1. The Morgan fingerprint density at radius 1 is 1.10 bits per heavy atom. The molecule has 0 atom stereocenters. The van der Waals surface area contributed by atoms with E-state index in [9.17, 15) is 5.11 Å². The maximum atomic E-state index is 9.23. The Hall–Kier alpha value is -2.07. The number of aromatic hydroxyl groups is 1. The van der Waals surface area contributed by atoms with Crippen LogP contribution < -0.4 is 10.1 Å². The smallest absolute Gasteiger partial charge is 0.118 e. The van der Waals surface area contributed by atoms with E-state index in [1.165, 1.54) is 5.56 Å². The summed E-state index contributed by atoms with van der Waals surface area (Å²) in [5.74, 6) is 1.11. The molecule has 0 fully saturated rings. The third kappa shape index (κ3) is 3.96. The minimum Gasteiger partial charge on any atom is -0.508 e. The zero-order valence-electron chi connectivity index (χ0n) is 11.3. The molecule has 2 aromatic rings. The summed E-state index contributed by atoms with van der Waals surface area (Å²) >= 11 is 5.31. The van der Waals surface area contributed by atoms with Crippen LogP contribution in [0.25, 0.3) is 0 Å². The van der Waals surface area contributed by atoms with Crippen molar-refractivity contribution in [2.24, 2.45) is 0 Å². The average molecular weight is 287 g/mol. The van der Waals surface area contributed by atoms with Crippen molar-refractivity contribution in [3.63, 3.8) is 0 Å². The third-order valence-corrected chi connectivity index (χ3v) is 3.37. The van der Waals surface area contributed by atoms with Crippen LogP contribution in [0.15, 0.2) is 48.5 Å². The molecule has 2 aromatic carbocycles. The molecule has 0 heterocycles. The molecule has 0 saturated carbocycles. The summed E-state index contributed by atoms with van der Waals surface area (Å²) in [5.41, 5.74) is 2.14. The predicted octanol–water partition coefficient (Wildman–Crippen LogP) is 2.91. The summed E-state index contributed by atoms with van der Waals surface area (Å²) < 4.78 is 5.12. The van der Waals surface area contributed by atoms with Crippen molar-refractivity contribution >= 4 is 17.2 Å². The van der Waals surface area contributed by atoms with Crippen molar-refractivity contribution in [3.05, 3.63) is 59.7 Å². The normalized spacial score (nSPS) is 10.1. The third-order valence-electron chi connectivity index (χ3n) is 2.99. The van der Waals surface area contributed by atoms with Gasteiger partial charge >= 0.3 is 0 Å². The monoisotopic (exact) mass is 287 g/mol. The highest BCUT2D eigenvalue weighted by Gasteiger charge is 2.01. The van der Waals surface area contributed by atoms with Gasteiger partial charge in [-0.15, -0.1) is 0 Å². The lowest BCUT2D eigenvalue weighted by Crippen LogP contribution is -2.24. The molecule has 0 unspecified atom stereocenters. The molecule has 0 aliphatic heterocycles. The second-order valence-corrected chi connectivity index (χ2v) is 4.81. The van der Waals surface area contributed by atoms with Crippen molar-refractivity contribution in [1.82, 2.24) is 5.32 Å². The number of methoxy groups -OCH3 is 1. The minimum atomic E-state index is 0.245. The number of ether oxygens (including phenoxy) is 1. The molecule has 2 N–H and O–H groups in total. The Morgan fingerprint density at radius 2 is 1.75 bits per heavy atom. The van der Waals surface area contributed by atoms with Crippen LogP contribution in [-0.4, -0.2) is 23.7 Å². The highest BCUT2D eigenvalue weighted by atomic mass is 32.1. The standard InChI is InChI=1S/C16H17NO2S/c1-19-15-8-2-12(3-9-15)10-11-17-16(20)13-4-6-14(18)7-5-13/h2-9,18H,10-11H2,1H3,(H,17,20). The first-order valence-corrected chi connectivity index (χ1v) is 6.80. The van der Waals surface area contributed by atoms with E-state index >= 15 is 0 Å². The van der Waals surface area contributed by atoms with Gasteiger partial charge in [-0.25, -0.2) is 0 Å². The van der Waals surface area contributed by atoms with Crippen LogP contribution in [0, 0.1) is 0 Å². The number of phenolic OH excluding ortho intramolecular Hbond substituents is 1. The fraction of sp³-hybridized carbons (Fsp3) is 0.188. The van der Waals surface area contributed by atoms with Crippen LogP contribution in [0.2, 0.25) is 0 Å². The van der Waals surface area contributed by atoms with Gasteiger partial charge in [0.25, 0.3) is 0 Å². The number of thiocarbonyl (C=S) groups is 1. The van der Waals surface area contributed by atoms with Gasteiger partial charge in [0, 0.05) is 12.1 Å². The fourth-order valence-electron chi connectivity index (χ4n) is 1.83. The van der Waals surface area contributed by atoms with E-state index in [4.69, 9.17) is 17.0 Å². The van der Waals surface area contributed by atoms with Gasteiger partial charge in [0.1, 0.15) is 16.5 Å². The molecule has 20 heavy (non-hydrogen) atoms. The van der Waals surface area contributed by atoms with Crippen LogP contribution >= 0.6 is 12.2 Å². The van der Waals surface area contributed by atoms with Gasteiger partial charge in [0.2, 0.25) is 0 Å². The van der Waals surface area contributed by atoms with Gasteiger partial charge in [-0.2, -0.15) is 0 Å². The quantitative estimate of drug-likeness (QED) is 0.830. The molecule has 4 heteroatoms. The Kier molecular flexibility index (Phi) is 4.96. The van der Waals surface area contributed by atoms with Crippen LogP contribution in [-0.2, 0) is 6.42 Å². The number of hydrogen-bond acceptors (Lipinski definition) is 3. The van der Waals surface area contributed by atoms with Crippen LogP contribution in [0.1, 0.15) is 11.1 Å². The molecule has 0 aliphatic carbocycles. The van der Waals surface area contributed by atoms with Crippen molar-refractivity contribution in [2.45, 2.75) is 6.42 Å². The predicted molar refractivity (Wildman–Crippen MR) is 84.5 cm³/mol. The van der Waals surface area contributed by atoms with Crippen LogP contribution in [0.4, 0.5) is 0 Å². The second kappa shape index (κ2) is 6.91. The molecule has 104 valence electrons. The van der Waals surface area contributed by atoms with Crippen molar-refractivity contribution < 1.29 is 9.84 Å². The molecule has 0 aromatic heterocycles. The molecule has 0 radical (unpaired) electrons. The van der Waals surface area contributed by atoms with E-state index < -0.39 is 0 Å². The van der Waals surface area contributed by atoms with Crippen molar-refractivity contribution in [2.75, 3.05) is 13.7 Å². The largest absolute Gasteiger partial charge is 0.508 e. The van der Waals surface area contributed by atoms with Gasteiger partial charge in [0.15, 0.2) is 0 Å². The number of hydrogen-bond donors (Lipinski definition) is 2. The lowest BCUT2D eigenvalue weighted by molar-refractivity contribution is 0.414. The molecule has 0 saturated heterocycles. The van der Waals surface area contributed by atoms with E-state index in [1.54, 1.807) is 31.4 Å². The number of benzene rings is 2. The number of rotatable bonds is 5. The van der Waals surface area contributed by atoms with E-state index in [2.05, 4.69) is 5.32 Å². The summed E-state index contributed by atoms with van der Waals surface area (Å²) in [7, 11) is 1.66. The maximum Gasteiger partial charge on any atom is 0.118 e. The fourth-order valence-corrected chi connectivity index (χ4v) is 2.07. The molecule has 0 spiro atoms. The molecule has 0 amide bonds. The zero-order chi connectivity index (χ0) is 14.4. The topological polar surface area (TPSA) is 41.5 Å². The second-order valence-electron chi connectivity index (χ2n) is 4.40. The molecule has 2 rings (SSSR count).